The molecule has 4 heteroatoms. The number of hydrogen-bond acceptors (Lipinski definition) is 2. The molecular weight excluding hydrogens is 272 g/mol. The molecule has 0 saturated carbocycles. The minimum Gasteiger partial charge on any atom is -0.270 e. The van der Waals surface area contributed by atoms with E-state index in [0.717, 1.165) is 12.8 Å². The fourth-order valence-corrected chi connectivity index (χ4v) is 2.57. The lowest BCUT2D eigenvalue weighted by Crippen LogP contribution is -2.08. The maximum Gasteiger partial charge on any atom is 0.0652 e. The van der Waals surface area contributed by atoms with Gasteiger partial charge in [0.1, 0.15) is 0 Å². The molecule has 122 valence electrons. The zero-order chi connectivity index (χ0) is 16.3. The molecule has 2 aromatic rings. The van der Waals surface area contributed by atoms with Gasteiger partial charge in [-0.3, -0.25) is 9.36 Å². The minimum atomic E-state index is 0.429. The summed E-state index contributed by atoms with van der Waals surface area (Å²) in [6.45, 7) is 13.2. The summed E-state index contributed by atoms with van der Waals surface area (Å²) in [6.07, 6.45) is 8.52. The lowest BCUT2D eigenvalue weighted by atomic mass is 9.99. The second-order valence-corrected chi connectivity index (χ2v) is 7.05. The van der Waals surface area contributed by atoms with Crippen molar-refractivity contribution in [3.8, 4) is 0 Å². The molecule has 2 unspecified atom stereocenters. The van der Waals surface area contributed by atoms with Crippen molar-refractivity contribution in [3.05, 3.63) is 35.9 Å². The van der Waals surface area contributed by atoms with E-state index in [4.69, 9.17) is 0 Å². The zero-order valence-electron chi connectivity index (χ0n) is 14.8. The van der Waals surface area contributed by atoms with E-state index in [1.54, 1.807) is 0 Å². The average Bonchev–Trinajstić information content (AvgIpc) is 3.12. The van der Waals surface area contributed by atoms with Crippen molar-refractivity contribution in [1.29, 1.82) is 0 Å². The highest BCUT2D eigenvalue weighted by atomic mass is 15.3. The van der Waals surface area contributed by atoms with Gasteiger partial charge in [-0.1, -0.05) is 20.8 Å². The maximum absolute atomic E-state index is 4.68. The Morgan fingerprint density at radius 1 is 1.00 bits per heavy atom. The predicted octanol–water partition coefficient (Wildman–Crippen LogP) is 4.93. The van der Waals surface area contributed by atoms with Crippen LogP contribution in [0.1, 0.15) is 89.6 Å². The molecule has 0 fully saturated rings. The molecule has 0 N–H and O–H groups in total. The molecule has 22 heavy (non-hydrogen) atoms. The summed E-state index contributed by atoms with van der Waals surface area (Å²) in [5.74, 6) is 1.03. The molecule has 0 aliphatic rings. The van der Waals surface area contributed by atoms with Crippen LogP contribution in [0.4, 0.5) is 0 Å². The van der Waals surface area contributed by atoms with Crippen molar-refractivity contribution in [2.75, 3.05) is 0 Å². The lowest BCUT2D eigenvalue weighted by molar-refractivity contribution is 0.425. The van der Waals surface area contributed by atoms with Crippen molar-refractivity contribution in [2.24, 2.45) is 0 Å². The summed E-state index contributed by atoms with van der Waals surface area (Å²) in [7, 11) is 0. The fraction of sp³-hybridized carbons (Fsp3) is 0.667. The van der Waals surface area contributed by atoms with Gasteiger partial charge in [-0.15, -0.1) is 0 Å². The van der Waals surface area contributed by atoms with Crippen LogP contribution in [-0.2, 0) is 0 Å². The van der Waals surface area contributed by atoms with Crippen molar-refractivity contribution in [3.63, 3.8) is 0 Å². The van der Waals surface area contributed by atoms with Crippen molar-refractivity contribution in [2.45, 2.75) is 78.3 Å². The fourth-order valence-electron chi connectivity index (χ4n) is 2.57. The maximum atomic E-state index is 4.68. The third kappa shape index (κ3) is 3.99. The van der Waals surface area contributed by atoms with Gasteiger partial charge in [0.05, 0.1) is 11.9 Å². The molecular formula is C18H30N4. The van der Waals surface area contributed by atoms with Gasteiger partial charge in [-0.2, -0.15) is 10.2 Å². The zero-order valence-corrected chi connectivity index (χ0v) is 14.8. The summed E-state index contributed by atoms with van der Waals surface area (Å²) < 4.78 is 4.15. The quantitative estimate of drug-likeness (QED) is 0.727. The number of rotatable bonds is 7. The van der Waals surface area contributed by atoms with Gasteiger partial charge in [0.2, 0.25) is 0 Å². The summed E-state index contributed by atoms with van der Waals surface area (Å²) in [5.41, 5.74) is 2.51. The smallest absolute Gasteiger partial charge is 0.0652 e. The Hall–Kier alpha value is -1.58. The Morgan fingerprint density at radius 2 is 1.73 bits per heavy atom. The Labute approximate surface area is 134 Å². The molecule has 2 heterocycles. The van der Waals surface area contributed by atoms with Gasteiger partial charge < -0.3 is 0 Å². The molecule has 2 atom stereocenters. The van der Waals surface area contributed by atoms with Crippen LogP contribution >= 0.6 is 0 Å². The number of nitrogens with zero attached hydrogens (tertiary/aromatic N) is 4. The van der Waals surface area contributed by atoms with E-state index < -0.39 is 0 Å². The van der Waals surface area contributed by atoms with Crippen LogP contribution in [0, 0.1) is 0 Å². The molecule has 0 spiro atoms. The van der Waals surface area contributed by atoms with Crippen molar-refractivity contribution in [1.82, 2.24) is 19.6 Å². The second kappa shape index (κ2) is 7.12. The average molecular weight is 302 g/mol. The normalized spacial score (nSPS) is 14.7. The van der Waals surface area contributed by atoms with Gasteiger partial charge in [-0.05, 0) is 51.2 Å². The minimum absolute atomic E-state index is 0.429. The third-order valence-corrected chi connectivity index (χ3v) is 4.42. The van der Waals surface area contributed by atoms with Gasteiger partial charge >= 0.3 is 0 Å². The first-order valence-corrected chi connectivity index (χ1v) is 8.47. The number of aromatic nitrogens is 4. The van der Waals surface area contributed by atoms with Crippen LogP contribution in [0.3, 0.4) is 0 Å². The van der Waals surface area contributed by atoms with E-state index in [9.17, 15) is 0 Å². The van der Waals surface area contributed by atoms with E-state index in [-0.39, 0.29) is 0 Å². The van der Waals surface area contributed by atoms with Crippen LogP contribution in [0.15, 0.2) is 24.7 Å². The third-order valence-electron chi connectivity index (χ3n) is 4.42. The highest BCUT2D eigenvalue weighted by Gasteiger charge is 2.14. The van der Waals surface area contributed by atoms with Crippen molar-refractivity contribution < 1.29 is 0 Å². The Bertz CT molecular complexity index is 527. The number of hydrogen-bond donors (Lipinski definition) is 0. The van der Waals surface area contributed by atoms with E-state index in [1.807, 2.05) is 10.9 Å². The van der Waals surface area contributed by atoms with Crippen LogP contribution in [0.2, 0.25) is 0 Å². The predicted molar refractivity (Wildman–Crippen MR) is 91.3 cm³/mol. The van der Waals surface area contributed by atoms with E-state index in [0.29, 0.717) is 23.9 Å². The van der Waals surface area contributed by atoms with Gasteiger partial charge in [0.15, 0.2) is 0 Å². The summed E-state index contributed by atoms with van der Waals surface area (Å²) in [6, 6.07) is 3.01. The highest BCUT2D eigenvalue weighted by Crippen LogP contribution is 2.24. The van der Waals surface area contributed by atoms with Crippen LogP contribution in [0.5, 0.6) is 0 Å². The molecule has 2 rings (SSSR count). The Morgan fingerprint density at radius 3 is 2.27 bits per heavy atom. The molecule has 0 aliphatic heterocycles. The molecule has 4 nitrogen and oxygen atoms in total. The van der Waals surface area contributed by atoms with Gasteiger partial charge in [-0.25, -0.2) is 0 Å². The molecule has 0 radical (unpaired) electrons. The van der Waals surface area contributed by atoms with Crippen molar-refractivity contribution >= 4 is 0 Å². The molecule has 0 aliphatic carbocycles. The molecule has 2 aromatic heterocycles. The second-order valence-electron chi connectivity index (χ2n) is 7.05. The summed E-state index contributed by atoms with van der Waals surface area (Å²) in [5, 5.41) is 9.19. The van der Waals surface area contributed by atoms with Gasteiger partial charge in [0, 0.05) is 30.4 Å². The summed E-state index contributed by atoms with van der Waals surface area (Å²) >= 11 is 0. The van der Waals surface area contributed by atoms with Gasteiger partial charge in [0.25, 0.3) is 0 Å². The highest BCUT2D eigenvalue weighted by molar-refractivity contribution is 5.09. The Balaban J connectivity index is 1.90. The largest absolute Gasteiger partial charge is 0.270 e. The first kappa shape index (κ1) is 16.8. The summed E-state index contributed by atoms with van der Waals surface area (Å²) in [4.78, 5) is 0. The Kier molecular flexibility index (Phi) is 5.43. The first-order valence-electron chi connectivity index (χ1n) is 8.47. The van der Waals surface area contributed by atoms with E-state index in [1.165, 1.54) is 11.3 Å². The molecule has 0 amide bonds. The first-order chi connectivity index (χ1) is 10.4. The molecule has 0 aromatic carbocycles. The van der Waals surface area contributed by atoms with Crippen LogP contribution in [-0.4, -0.2) is 19.6 Å². The van der Waals surface area contributed by atoms with E-state index >= 15 is 0 Å². The SMILES string of the molecule is CC(C)c1cnn(C(C)CCC(C)c2ccn(C(C)C)n2)c1. The standard InChI is InChI=1S/C18H30N4/c1-13(2)17-11-19-22(12-17)16(6)8-7-15(5)18-9-10-21(20-18)14(3)4/h9-16H,7-8H2,1-6H3. The molecule has 0 bridgehead atoms. The monoisotopic (exact) mass is 302 g/mol. The van der Waals surface area contributed by atoms with Crippen LogP contribution < -0.4 is 0 Å². The molecule has 0 saturated heterocycles. The van der Waals surface area contributed by atoms with Crippen LogP contribution in [0.25, 0.3) is 0 Å². The lowest BCUT2D eigenvalue weighted by Gasteiger charge is -2.15. The topological polar surface area (TPSA) is 35.6 Å². The van der Waals surface area contributed by atoms with E-state index in [2.05, 4.69) is 74.9 Å².